The van der Waals surface area contributed by atoms with E-state index in [-0.39, 0.29) is 11.6 Å². The SMILES string of the molecule is Cc1ccc(C(CNC(=O)c2ccc(S(=O)(=O)C(F)F)cc2)N2CCOCC2)cc1. The van der Waals surface area contributed by atoms with E-state index >= 15 is 0 Å². The minimum atomic E-state index is -4.68. The molecule has 1 heterocycles. The predicted octanol–water partition coefficient (Wildman–Crippen LogP) is 2.79. The number of morpholine rings is 1. The quantitative estimate of drug-likeness (QED) is 0.720. The summed E-state index contributed by atoms with van der Waals surface area (Å²) in [6, 6.07) is 12.6. The molecule has 0 spiro atoms. The van der Waals surface area contributed by atoms with Gasteiger partial charge >= 0.3 is 5.76 Å². The van der Waals surface area contributed by atoms with Crippen molar-refractivity contribution in [2.24, 2.45) is 0 Å². The summed E-state index contributed by atoms with van der Waals surface area (Å²) in [5.41, 5.74) is 2.41. The highest BCUT2D eigenvalue weighted by Gasteiger charge is 2.27. The van der Waals surface area contributed by atoms with Gasteiger partial charge in [-0.05, 0) is 36.8 Å². The molecule has 0 radical (unpaired) electrons. The van der Waals surface area contributed by atoms with E-state index < -0.39 is 26.4 Å². The maximum atomic E-state index is 12.6. The zero-order valence-electron chi connectivity index (χ0n) is 16.6. The van der Waals surface area contributed by atoms with Gasteiger partial charge in [-0.1, -0.05) is 29.8 Å². The van der Waals surface area contributed by atoms with Crippen molar-refractivity contribution in [1.29, 1.82) is 0 Å². The maximum absolute atomic E-state index is 12.6. The van der Waals surface area contributed by atoms with Crippen LogP contribution in [0.1, 0.15) is 27.5 Å². The third kappa shape index (κ3) is 5.21. The second-order valence-corrected chi connectivity index (χ2v) is 9.03. The Labute approximate surface area is 174 Å². The number of rotatable bonds is 7. The highest BCUT2D eigenvalue weighted by molar-refractivity contribution is 7.91. The molecule has 1 unspecified atom stereocenters. The number of nitrogens with zero attached hydrogens (tertiary/aromatic N) is 1. The third-order valence-corrected chi connectivity index (χ3v) is 6.48. The largest absolute Gasteiger partial charge is 0.379 e. The van der Waals surface area contributed by atoms with Crippen molar-refractivity contribution in [1.82, 2.24) is 10.2 Å². The van der Waals surface area contributed by atoms with Crippen LogP contribution in [-0.4, -0.2) is 57.8 Å². The summed E-state index contributed by atoms with van der Waals surface area (Å²) in [7, 11) is -4.68. The number of halogens is 2. The summed E-state index contributed by atoms with van der Waals surface area (Å²) in [4.78, 5) is 14.3. The van der Waals surface area contributed by atoms with Gasteiger partial charge in [-0.25, -0.2) is 8.42 Å². The Kier molecular flexibility index (Phi) is 7.17. The Balaban J connectivity index is 1.71. The van der Waals surface area contributed by atoms with Gasteiger partial charge in [0.25, 0.3) is 5.91 Å². The van der Waals surface area contributed by atoms with Gasteiger partial charge in [0.15, 0.2) is 0 Å². The Morgan fingerprint density at radius 3 is 2.23 bits per heavy atom. The van der Waals surface area contributed by atoms with Crippen LogP contribution in [0.3, 0.4) is 0 Å². The van der Waals surface area contributed by atoms with Crippen molar-refractivity contribution >= 4 is 15.7 Å². The lowest BCUT2D eigenvalue weighted by atomic mass is 10.0. The van der Waals surface area contributed by atoms with Crippen LogP contribution in [0.4, 0.5) is 8.78 Å². The molecule has 0 bridgehead atoms. The van der Waals surface area contributed by atoms with Gasteiger partial charge in [-0.15, -0.1) is 0 Å². The van der Waals surface area contributed by atoms with E-state index in [0.717, 1.165) is 36.3 Å². The second-order valence-electron chi connectivity index (χ2n) is 7.11. The number of hydrogen-bond donors (Lipinski definition) is 1. The van der Waals surface area contributed by atoms with Crippen LogP contribution in [0.5, 0.6) is 0 Å². The van der Waals surface area contributed by atoms with Crippen molar-refractivity contribution < 1.29 is 26.7 Å². The first-order valence-electron chi connectivity index (χ1n) is 9.57. The predicted molar refractivity (Wildman–Crippen MR) is 108 cm³/mol. The van der Waals surface area contributed by atoms with Gasteiger partial charge < -0.3 is 10.1 Å². The second kappa shape index (κ2) is 9.63. The molecular formula is C21H24F2N2O4S. The van der Waals surface area contributed by atoms with Crippen molar-refractivity contribution in [2.45, 2.75) is 23.6 Å². The average Bonchev–Trinajstić information content (AvgIpc) is 2.75. The summed E-state index contributed by atoms with van der Waals surface area (Å²) >= 11 is 0. The van der Waals surface area contributed by atoms with E-state index in [9.17, 15) is 22.0 Å². The van der Waals surface area contributed by atoms with Crippen LogP contribution < -0.4 is 5.32 Å². The lowest BCUT2D eigenvalue weighted by Crippen LogP contribution is -2.43. The number of benzene rings is 2. The molecule has 1 fully saturated rings. The van der Waals surface area contributed by atoms with Gasteiger partial charge in [-0.2, -0.15) is 8.78 Å². The van der Waals surface area contributed by atoms with Gasteiger partial charge in [-0.3, -0.25) is 9.69 Å². The van der Waals surface area contributed by atoms with Gasteiger partial charge in [0, 0.05) is 25.2 Å². The number of aryl methyl sites for hydroxylation is 1. The van der Waals surface area contributed by atoms with E-state index in [1.165, 1.54) is 12.1 Å². The molecule has 3 rings (SSSR count). The van der Waals surface area contributed by atoms with Crippen molar-refractivity contribution in [3.05, 3.63) is 65.2 Å². The molecule has 1 N–H and O–H groups in total. The van der Waals surface area contributed by atoms with Gasteiger partial charge in [0.05, 0.1) is 24.2 Å². The van der Waals surface area contributed by atoms with E-state index in [1.54, 1.807) is 0 Å². The van der Waals surface area contributed by atoms with Crippen LogP contribution in [0.25, 0.3) is 0 Å². The highest BCUT2D eigenvalue weighted by atomic mass is 32.2. The molecule has 1 atom stereocenters. The maximum Gasteiger partial charge on any atom is 0.341 e. The molecule has 162 valence electrons. The zero-order valence-corrected chi connectivity index (χ0v) is 17.4. The summed E-state index contributed by atoms with van der Waals surface area (Å²) in [5, 5.41) is 2.87. The fourth-order valence-corrected chi connectivity index (χ4v) is 4.05. The van der Waals surface area contributed by atoms with Gasteiger partial charge in [0.1, 0.15) is 0 Å². The minimum absolute atomic E-state index is 0.0445. The van der Waals surface area contributed by atoms with Crippen LogP contribution >= 0.6 is 0 Å². The Bertz CT molecular complexity index is 958. The molecule has 0 aromatic heterocycles. The third-order valence-electron chi connectivity index (χ3n) is 5.08. The molecule has 2 aromatic carbocycles. The van der Waals surface area contributed by atoms with Crippen LogP contribution in [-0.2, 0) is 14.6 Å². The Morgan fingerprint density at radius 1 is 1.07 bits per heavy atom. The molecule has 30 heavy (non-hydrogen) atoms. The first kappa shape index (κ1) is 22.3. The fraction of sp³-hybridized carbons (Fsp3) is 0.381. The smallest absolute Gasteiger partial charge is 0.341 e. The summed E-state index contributed by atoms with van der Waals surface area (Å²) in [5.74, 6) is -3.90. The average molecular weight is 438 g/mol. The van der Waals surface area contributed by atoms with Crippen LogP contribution in [0.15, 0.2) is 53.4 Å². The zero-order chi connectivity index (χ0) is 21.7. The minimum Gasteiger partial charge on any atom is -0.379 e. The molecule has 2 aromatic rings. The van der Waals surface area contributed by atoms with Crippen LogP contribution in [0, 0.1) is 6.92 Å². The highest BCUT2D eigenvalue weighted by Crippen LogP contribution is 2.22. The topological polar surface area (TPSA) is 75.7 Å². The van der Waals surface area contributed by atoms with Crippen molar-refractivity contribution in [3.8, 4) is 0 Å². The van der Waals surface area contributed by atoms with Gasteiger partial charge in [0.2, 0.25) is 9.84 Å². The number of hydrogen-bond acceptors (Lipinski definition) is 5. The van der Waals surface area contributed by atoms with E-state index in [4.69, 9.17) is 4.74 Å². The molecule has 1 aliphatic rings. The number of carbonyl (C=O) groups is 1. The number of sulfone groups is 1. The standard InChI is InChI=1S/C21H24F2N2O4S/c1-15-2-4-16(5-3-15)19(25-10-12-29-13-11-25)14-24-20(26)17-6-8-18(9-7-17)30(27,28)21(22)23/h2-9,19,21H,10-14H2,1H3,(H,24,26). The monoisotopic (exact) mass is 438 g/mol. The fourth-order valence-electron chi connectivity index (χ4n) is 3.33. The number of carbonyl (C=O) groups excluding carboxylic acids is 1. The first-order chi connectivity index (χ1) is 14.3. The molecule has 9 heteroatoms. The van der Waals surface area contributed by atoms with E-state index in [1.807, 2.05) is 31.2 Å². The number of alkyl halides is 2. The molecule has 0 aliphatic carbocycles. The van der Waals surface area contributed by atoms with E-state index in [2.05, 4.69) is 10.2 Å². The Hall–Kier alpha value is -2.36. The van der Waals surface area contributed by atoms with Crippen LogP contribution in [0.2, 0.25) is 0 Å². The number of amides is 1. The first-order valence-corrected chi connectivity index (χ1v) is 11.1. The lowest BCUT2D eigenvalue weighted by Gasteiger charge is -2.35. The molecular weight excluding hydrogens is 414 g/mol. The summed E-state index contributed by atoms with van der Waals surface area (Å²) in [6.45, 7) is 5.09. The van der Waals surface area contributed by atoms with Crippen molar-refractivity contribution in [3.63, 3.8) is 0 Å². The molecule has 0 saturated carbocycles. The van der Waals surface area contributed by atoms with Crippen molar-refractivity contribution in [2.75, 3.05) is 32.8 Å². The molecule has 1 saturated heterocycles. The molecule has 1 aliphatic heterocycles. The number of nitrogens with one attached hydrogen (secondary N) is 1. The summed E-state index contributed by atoms with van der Waals surface area (Å²) < 4.78 is 53.8. The Morgan fingerprint density at radius 2 is 1.67 bits per heavy atom. The van der Waals surface area contributed by atoms with E-state index in [0.29, 0.717) is 19.8 Å². The molecule has 6 nitrogen and oxygen atoms in total. The number of ether oxygens (including phenoxy) is 1. The summed E-state index contributed by atoms with van der Waals surface area (Å²) in [6.07, 6.45) is 0. The normalized spacial score (nSPS) is 16.4. The molecule has 1 amide bonds. The lowest BCUT2D eigenvalue weighted by molar-refractivity contribution is 0.0162.